The molecule has 0 atom stereocenters. The second-order valence-electron chi connectivity index (χ2n) is 6.78. The van der Waals surface area contributed by atoms with Crippen molar-refractivity contribution in [2.75, 3.05) is 10.0 Å². The lowest BCUT2D eigenvalue weighted by Crippen LogP contribution is -2.26. The lowest BCUT2D eigenvalue weighted by atomic mass is 9.95. The Morgan fingerprint density at radius 2 is 1.79 bits per heavy atom. The topological polar surface area (TPSA) is 88.4 Å². The smallest absolute Gasteiger partial charge is 0.363 e. The summed E-state index contributed by atoms with van der Waals surface area (Å²) in [5, 5.41) is 4.06. The van der Waals surface area contributed by atoms with E-state index >= 15 is 0 Å². The molecule has 2 heterocycles. The average Bonchev–Trinajstić information content (AvgIpc) is 3.13. The van der Waals surface area contributed by atoms with Crippen LogP contribution < -0.4 is 15.7 Å². The number of para-hydroxylation sites is 1. The Bertz CT molecular complexity index is 1160. The van der Waals surface area contributed by atoms with Gasteiger partial charge in [-0.2, -0.15) is 0 Å². The first kappa shape index (κ1) is 19.3. The number of anilines is 2. The number of fused-ring (bicyclic) bond motifs is 1. The molecule has 6 nitrogen and oxygen atoms in total. The SMILES string of the molecule is O=c1oc2ccccc2c(NC2CCCCC2)c1NS(=O)(=O)c1ccc(Cl)s1. The zero-order valence-electron chi connectivity index (χ0n) is 14.9. The fourth-order valence-electron chi connectivity index (χ4n) is 3.47. The molecule has 1 saturated carbocycles. The van der Waals surface area contributed by atoms with Crippen LogP contribution in [0.2, 0.25) is 4.34 Å². The summed E-state index contributed by atoms with van der Waals surface area (Å²) in [6.07, 6.45) is 5.34. The molecule has 0 unspecified atom stereocenters. The summed E-state index contributed by atoms with van der Waals surface area (Å²) in [6.45, 7) is 0. The predicted octanol–water partition coefficient (Wildman–Crippen LogP) is 5.05. The molecule has 1 aliphatic rings. The first-order valence-electron chi connectivity index (χ1n) is 9.04. The second-order valence-corrected chi connectivity index (χ2v) is 10.4. The average molecular weight is 439 g/mol. The number of hydrogen-bond donors (Lipinski definition) is 2. The Morgan fingerprint density at radius 3 is 2.50 bits per heavy atom. The van der Waals surface area contributed by atoms with Gasteiger partial charge in [0.2, 0.25) is 0 Å². The van der Waals surface area contributed by atoms with Crippen LogP contribution in [-0.4, -0.2) is 14.5 Å². The summed E-state index contributed by atoms with van der Waals surface area (Å²) in [6, 6.07) is 10.2. The molecule has 9 heteroatoms. The van der Waals surface area contributed by atoms with Crippen molar-refractivity contribution in [3.8, 4) is 0 Å². The van der Waals surface area contributed by atoms with E-state index in [2.05, 4.69) is 10.0 Å². The third-order valence-corrected chi connectivity index (χ3v) is 7.89. The van der Waals surface area contributed by atoms with E-state index in [9.17, 15) is 13.2 Å². The summed E-state index contributed by atoms with van der Waals surface area (Å²) in [5.41, 5.74) is 0.0370. The summed E-state index contributed by atoms with van der Waals surface area (Å²) >= 11 is 6.80. The number of nitrogens with one attached hydrogen (secondary N) is 2. The molecule has 1 aromatic carbocycles. The number of halogens is 1. The molecule has 3 aromatic rings. The van der Waals surface area contributed by atoms with Crippen LogP contribution in [0.4, 0.5) is 11.4 Å². The zero-order valence-corrected chi connectivity index (χ0v) is 17.3. The lowest BCUT2D eigenvalue weighted by Gasteiger charge is -2.25. The van der Waals surface area contributed by atoms with Crippen molar-refractivity contribution in [3.05, 3.63) is 51.2 Å². The molecule has 1 aliphatic carbocycles. The third kappa shape index (κ3) is 3.90. The molecule has 0 aliphatic heterocycles. The van der Waals surface area contributed by atoms with Gasteiger partial charge in [-0.1, -0.05) is 43.0 Å². The van der Waals surface area contributed by atoms with Crippen molar-refractivity contribution >= 4 is 55.3 Å². The van der Waals surface area contributed by atoms with Crippen molar-refractivity contribution in [1.29, 1.82) is 0 Å². The number of sulfonamides is 1. The first-order chi connectivity index (χ1) is 13.4. The van der Waals surface area contributed by atoms with Crippen LogP contribution in [-0.2, 0) is 10.0 Å². The third-order valence-electron chi connectivity index (χ3n) is 4.82. The fraction of sp³-hybridized carbons (Fsp3) is 0.316. The highest BCUT2D eigenvalue weighted by molar-refractivity contribution is 7.94. The molecule has 2 aromatic heterocycles. The summed E-state index contributed by atoms with van der Waals surface area (Å²) < 4.78 is 33.7. The van der Waals surface area contributed by atoms with Crippen LogP contribution in [0.3, 0.4) is 0 Å². The minimum atomic E-state index is -3.96. The fourth-order valence-corrected chi connectivity index (χ4v) is 6.02. The van der Waals surface area contributed by atoms with Gasteiger partial charge in [-0.15, -0.1) is 11.3 Å². The first-order valence-corrected chi connectivity index (χ1v) is 11.7. The second kappa shape index (κ2) is 7.77. The van der Waals surface area contributed by atoms with Crippen LogP contribution in [0.5, 0.6) is 0 Å². The van der Waals surface area contributed by atoms with Gasteiger partial charge in [0.05, 0.1) is 10.0 Å². The monoisotopic (exact) mass is 438 g/mol. The van der Waals surface area contributed by atoms with Crippen LogP contribution in [0.1, 0.15) is 32.1 Å². The summed E-state index contributed by atoms with van der Waals surface area (Å²) in [5.74, 6) is 0. The highest BCUT2D eigenvalue weighted by Crippen LogP contribution is 2.34. The molecule has 148 valence electrons. The van der Waals surface area contributed by atoms with Crippen molar-refractivity contribution in [1.82, 2.24) is 0 Å². The molecule has 0 spiro atoms. The van der Waals surface area contributed by atoms with E-state index in [1.165, 1.54) is 18.6 Å². The number of thiophene rings is 1. The molecular weight excluding hydrogens is 420 g/mol. The molecule has 1 fully saturated rings. The van der Waals surface area contributed by atoms with E-state index in [0.29, 0.717) is 21.0 Å². The van der Waals surface area contributed by atoms with E-state index in [0.717, 1.165) is 37.0 Å². The van der Waals surface area contributed by atoms with Crippen molar-refractivity contribution < 1.29 is 12.8 Å². The van der Waals surface area contributed by atoms with Gasteiger partial charge in [-0.25, -0.2) is 13.2 Å². The molecule has 4 rings (SSSR count). The quantitative estimate of drug-likeness (QED) is 0.544. The van der Waals surface area contributed by atoms with E-state index in [1.54, 1.807) is 12.1 Å². The summed E-state index contributed by atoms with van der Waals surface area (Å²) in [4.78, 5) is 12.7. The maximum Gasteiger partial charge on any atom is 0.363 e. The number of rotatable bonds is 5. The molecular formula is C19H19ClN2O4S2. The van der Waals surface area contributed by atoms with E-state index < -0.39 is 15.6 Å². The van der Waals surface area contributed by atoms with Crippen molar-refractivity contribution in [3.63, 3.8) is 0 Å². The minimum absolute atomic E-state index is 0.0358. The van der Waals surface area contributed by atoms with Gasteiger partial charge in [0.25, 0.3) is 10.0 Å². The Kier molecular flexibility index (Phi) is 5.35. The van der Waals surface area contributed by atoms with Crippen LogP contribution >= 0.6 is 22.9 Å². The number of benzene rings is 1. The molecule has 2 N–H and O–H groups in total. The maximum atomic E-state index is 12.8. The van der Waals surface area contributed by atoms with E-state index in [-0.39, 0.29) is 15.9 Å². The normalized spacial score (nSPS) is 15.6. The highest BCUT2D eigenvalue weighted by atomic mass is 35.5. The Balaban J connectivity index is 1.81. The molecule has 0 radical (unpaired) electrons. The zero-order chi connectivity index (χ0) is 19.7. The van der Waals surface area contributed by atoms with Gasteiger partial charge in [0.1, 0.15) is 9.79 Å². The van der Waals surface area contributed by atoms with Gasteiger partial charge in [-0.05, 0) is 37.1 Å². The summed E-state index contributed by atoms with van der Waals surface area (Å²) in [7, 11) is -3.96. The molecule has 28 heavy (non-hydrogen) atoms. The molecule has 0 bridgehead atoms. The van der Waals surface area contributed by atoms with Crippen LogP contribution in [0.25, 0.3) is 11.0 Å². The van der Waals surface area contributed by atoms with Gasteiger partial charge in [0.15, 0.2) is 5.69 Å². The van der Waals surface area contributed by atoms with Gasteiger partial charge < -0.3 is 9.73 Å². The van der Waals surface area contributed by atoms with Crippen LogP contribution in [0, 0.1) is 0 Å². The Labute approximate surface area is 171 Å². The standard InChI is InChI=1S/C19H19ClN2O4S2/c20-15-10-11-16(27-15)28(24,25)22-18-17(21-12-6-2-1-3-7-12)13-8-4-5-9-14(13)26-19(18)23/h4-5,8-12,21-22H,1-3,6-7H2. The van der Waals surface area contributed by atoms with Crippen molar-refractivity contribution in [2.45, 2.75) is 42.4 Å². The van der Waals surface area contributed by atoms with Gasteiger partial charge in [0, 0.05) is 11.4 Å². The largest absolute Gasteiger partial charge is 0.421 e. The maximum absolute atomic E-state index is 12.8. The van der Waals surface area contributed by atoms with Crippen LogP contribution in [0.15, 0.2) is 49.8 Å². The van der Waals surface area contributed by atoms with Crippen molar-refractivity contribution in [2.24, 2.45) is 0 Å². The predicted molar refractivity (Wildman–Crippen MR) is 113 cm³/mol. The number of hydrogen-bond acceptors (Lipinski definition) is 6. The molecule has 0 amide bonds. The minimum Gasteiger partial charge on any atom is -0.421 e. The van der Waals surface area contributed by atoms with Gasteiger partial charge >= 0.3 is 5.63 Å². The van der Waals surface area contributed by atoms with E-state index in [1.807, 2.05) is 12.1 Å². The van der Waals surface area contributed by atoms with Gasteiger partial charge in [-0.3, -0.25) is 4.72 Å². The Hall–Kier alpha value is -2.03. The molecule has 0 saturated heterocycles. The highest BCUT2D eigenvalue weighted by Gasteiger charge is 2.25. The lowest BCUT2D eigenvalue weighted by molar-refractivity contribution is 0.462. The van der Waals surface area contributed by atoms with E-state index in [4.69, 9.17) is 16.0 Å². The Morgan fingerprint density at radius 1 is 1.04 bits per heavy atom.